The molecule has 0 N–H and O–H groups in total. The van der Waals surface area contributed by atoms with Crippen molar-refractivity contribution >= 4 is 34.7 Å². The molecule has 2 aromatic carbocycles. The highest BCUT2D eigenvalue weighted by molar-refractivity contribution is 6.30. The number of nitro benzene ring substituents is 1. The number of nitro groups is 1. The van der Waals surface area contributed by atoms with E-state index in [-0.39, 0.29) is 23.3 Å². The van der Waals surface area contributed by atoms with Crippen LogP contribution in [-0.4, -0.2) is 52.7 Å². The minimum Gasteiger partial charge on any atom is -0.306 e. The van der Waals surface area contributed by atoms with Crippen LogP contribution in [0.25, 0.3) is 0 Å². The molecule has 9 heteroatoms. The molecule has 35 heavy (non-hydrogen) atoms. The molecular weight excluding hydrogens is 468 g/mol. The summed E-state index contributed by atoms with van der Waals surface area (Å²) in [4.78, 5) is 44.6. The van der Waals surface area contributed by atoms with Gasteiger partial charge in [-0.1, -0.05) is 11.6 Å². The number of rotatable bonds is 8. The van der Waals surface area contributed by atoms with Crippen molar-refractivity contribution < 1.29 is 14.5 Å². The van der Waals surface area contributed by atoms with E-state index in [2.05, 4.69) is 9.88 Å². The molecule has 1 aromatic heterocycles. The largest absolute Gasteiger partial charge is 0.306 e. The van der Waals surface area contributed by atoms with Gasteiger partial charge in [0.25, 0.3) is 11.6 Å². The molecule has 1 aliphatic heterocycles. The Morgan fingerprint density at radius 1 is 1.03 bits per heavy atom. The van der Waals surface area contributed by atoms with Gasteiger partial charge in [0.05, 0.1) is 16.8 Å². The number of pyridine rings is 1. The van der Waals surface area contributed by atoms with Crippen LogP contribution in [0.1, 0.15) is 33.6 Å². The van der Waals surface area contributed by atoms with Crippen LogP contribution in [0.15, 0.2) is 73.1 Å². The number of carbonyl (C=O) groups is 2. The Bertz CT molecular complexity index is 1180. The molecule has 0 spiro atoms. The van der Waals surface area contributed by atoms with Gasteiger partial charge in [0.1, 0.15) is 0 Å². The Balaban J connectivity index is 1.39. The molecule has 1 saturated heterocycles. The molecule has 1 amide bonds. The number of Topliss-reactive ketones (excluding diaryl/α,β-unsaturated/α-hetero) is 1. The molecule has 180 valence electrons. The van der Waals surface area contributed by atoms with Crippen molar-refractivity contribution in [3.63, 3.8) is 0 Å². The van der Waals surface area contributed by atoms with E-state index in [1.165, 1.54) is 24.3 Å². The minimum atomic E-state index is -0.492. The Morgan fingerprint density at radius 2 is 1.69 bits per heavy atom. The van der Waals surface area contributed by atoms with E-state index in [0.29, 0.717) is 34.9 Å². The number of anilines is 1. The summed E-state index contributed by atoms with van der Waals surface area (Å²) < 4.78 is 0. The molecule has 0 unspecified atom stereocenters. The predicted octanol–water partition coefficient (Wildman–Crippen LogP) is 4.88. The summed E-state index contributed by atoms with van der Waals surface area (Å²) in [5.41, 5.74) is 1.64. The molecule has 8 nitrogen and oxygen atoms in total. The lowest BCUT2D eigenvalue weighted by Gasteiger charge is -2.33. The first-order chi connectivity index (χ1) is 16.9. The summed E-state index contributed by atoms with van der Waals surface area (Å²) in [6.07, 6.45) is 4.77. The van der Waals surface area contributed by atoms with E-state index < -0.39 is 4.92 Å². The normalized spacial score (nSPS) is 14.4. The Hall–Kier alpha value is -3.62. The molecule has 0 atom stereocenters. The van der Waals surface area contributed by atoms with Gasteiger partial charge in [-0.15, -0.1) is 0 Å². The number of likely N-dealkylation sites (tertiary alicyclic amines) is 1. The van der Waals surface area contributed by atoms with Gasteiger partial charge in [0.2, 0.25) is 0 Å². The van der Waals surface area contributed by atoms with Crippen molar-refractivity contribution in [1.82, 2.24) is 9.88 Å². The lowest BCUT2D eigenvalue weighted by Crippen LogP contribution is -2.43. The predicted molar refractivity (Wildman–Crippen MR) is 134 cm³/mol. The molecule has 4 rings (SSSR count). The molecule has 0 radical (unpaired) electrons. The number of halogens is 1. The van der Waals surface area contributed by atoms with Gasteiger partial charge in [-0.05, 0) is 74.5 Å². The number of benzene rings is 2. The van der Waals surface area contributed by atoms with E-state index in [9.17, 15) is 19.7 Å². The number of hydrogen-bond acceptors (Lipinski definition) is 6. The first kappa shape index (κ1) is 24.5. The highest BCUT2D eigenvalue weighted by atomic mass is 35.5. The second-order valence-electron chi connectivity index (χ2n) is 8.46. The maximum absolute atomic E-state index is 13.3. The topological polar surface area (TPSA) is 96.7 Å². The fourth-order valence-corrected chi connectivity index (χ4v) is 4.38. The third-order valence-corrected chi connectivity index (χ3v) is 6.51. The van der Waals surface area contributed by atoms with E-state index in [4.69, 9.17) is 11.6 Å². The number of aromatic nitrogens is 1. The number of carbonyl (C=O) groups excluding carboxylic acids is 2. The Kier molecular flexibility index (Phi) is 7.84. The Labute approximate surface area is 208 Å². The number of amides is 1. The molecule has 2 heterocycles. The zero-order chi connectivity index (χ0) is 24.8. The van der Waals surface area contributed by atoms with Gasteiger partial charge in [-0.3, -0.25) is 24.7 Å². The van der Waals surface area contributed by atoms with E-state index in [0.717, 1.165) is 25.9 Å². The zero-order valence-corrected chi connectivity index (χ0v) is 19.8. The van der Waals surface area contributed by atoms with Gasteiger partial charge in [-0.2, -0.15) is 0 Å². The van der Waals surface area contributed by atoms with Gasteiger partial charge in [-0.25, -0.2) is 0 Å². The Morgan fingerprint density at radius 3 is 2.29 bits per heavy atom. The van der Waals surface area contributed by atoms with Crippen LogP contribution in [0, 0.1) is 16.0 Å². The third kappa shape index (κ3) is 6.09. The summed E-state index contributed by atoms with van der Waals surface area (Å²) >= 11 is 5.93. The summed E-state index contributed by atoms with van der Waals surface area (Å²) in [7, 11) is 0. The van der Waals surface area contributed by atoms with Crippen LogP contribution >= 0.6 is 11.6 Å². The number of piperidine rings is 1. The molecule has 3 aromatic rings. The van der Waals surface area contributed by atoms with E-state index in [1.54, 1.807) is 47.6 Å². The van der Waals surface area contributed by atoms with Crippen molar-refractivity contribution in [3.05, 3.63) is 99.3 Å². The molecule has 1 fully saturated rings. The first-order valence-corrected chi connectivity index (χ1v) is 11.8. The monoisotopic (exact) mass is 492 g/mol. The molecular formula is C26H25ClN4O4. The van der Waals surface area contributed by atoms with Crippen molar-refractivity contribution in [2.24, 2.45) is 5.92 Å². The summed E-state index contributed by atoms with van der Waals surface area (Å²) in [5, 5.41) is 11.6. The van der Waals surface area contributed by atoms with Crippen molar-refractivity contribution in [3.8, 4) is 0 Å². The zero-order valence-electron chi connectivity index (χ0n) is 19.0. The lowest BCUT2D eigenvalue weighted by atomic mass is 9.89. The molecule has 0 aliphatic carbocycles. The fraction of sp³-hybridized carbons (Fsp3) is 0.269. The van der Waals surface area contributed by atoms with Crippen LogP contribution in [0.2, 0.25) is 5.02 Å². The average molecular weight is 493 g/mol. The number of nitrogens with zero attached hydrogens (tertiary/aromatic N) is 4. The van der Waals surface area contributed by atoms with Gasteiger partial charge in [0, 0.05) is 53.5 Å². The average Bonchev–Trinajstić information content (AvgIpc) is 2.90. The summed E-state index contributed by atoms with van der Waals surface area (Å²) in [6, 6.07) is 16.2. The maximum Gasteiger partial charge on any atom is 0.269 e. The minimum absolute atomic E-state index is 0.0245. The van der Waals surface area contributed by atoms with E-state index in [1.807, 2.05) is 6.07 Å². The van der Waals surface area contributed by atoms with Crippen molar-refractivity contribution in [2.45, 2.75) is 12.8 Å². The van der Waals surface area contributed by atoms with Gasteiger partial charge < -0.3 is 9.80 Å². The van der Waals surface area contributed by atoms with Crippen molar-refractivity contribution in [1.29, 1.82) is 0 Å². The standard InChI is InChI=1S/C26H25ClN4O4/c27-22-7-3-19(4-8-22)25(32)20-11-14-29(15-12-20)16-17-30(24-2-1-13-28-18-24)26(33)21-5-9-23(10-6-21)31(34)35/h1-10,13,18,20H,11-12,14-17H2. The fourth-order valence-electron chi connectivity index (χ4n) is 4.25. The smallest absolute Gasteiger partial charge is 0.269 e. The SMILES string of the molecule is O=C(c1ccc(Cl)cc1)C1CCN(CCN(C(=O)c2ccc([N+](=O)[O-])cc2)c2cccnc2)CC1. The van der Waals surface area contributed by atoms with Crippen LogP contribution < -0.4 is 4.90 Å². The third-order valence-electron chi connectivity index (χ3n) is 6.25. The van der Waals surface area contributed by atoms with Crippen molar-refractivity contribution in [2.75, 3.05) is 31.1 Å². The van der Waals surface area contributed by atoms with Crippen LogP contribution in [0.5, 0.6) is 0 Å². The molecule has 1 aliphatic rings. The van der Waals surface area contributed by atoms with E-state index >= 15 is 0 Å². The quantitative estimate of drug-likeness (QED) is 0.252. The van der Waals surface area contributed by atoms with Crippen LogP contribution in [-0.2, 0) is 0 Å². The number of ketones is 1. The lowest BCUT2D eigenvalue weighted by molar-refractivity contribution is -0.384. The highest BCUT2D eigenvalue weighted by Gasteiger charge is 2.27. The second kappa shape index (κ2) is 11.2. The second-order valence-corrected chi connectivity index (χ2v) is 8.90. The summed E-state index contributed by atoms with van der Waals surface area (Å²) in [6.45, 7) is 2.58. The van der Waals surface area contributed by atoms with Gasteiger partial charge in [0.15, 0.2) is 5.78 Å². The highest BCUT2D eigenvalue weighted by Crippen LogP contribution is 2.24. The first-order valence-electron chi connectivity index (χ1n) is 11.4. The molecule has 0 saturated carbocycles. The number of hydrogen-bond donors (Lipinski definition) is 0. The molecule has 0 bridgehead atoms. The summed E-state index contributed by atoms with van der Waals surface area (Å²) in [5.74, 6) is -0.129. The number of non-ortho nitro benzene ring substituents is 1. The van der Waals surface area contributed by atoms with Crippen LogP contribution in [0.3, 0.4) is 0 Å². The maximum atomic E-state index is 13.3. The van der Waals surface area contributed by atoms with Gasteiger partial charge >= 0.3 is 0 Å². The van der Waals surface area contributed by atoms with Crippen LogP contribution in [0.4, 0.5) is 11.4 Å².